The van der Waals surface area contributed by atoms with Crippen molar-refractivity contribution in [1.29, 1.82) is 0 Å². The van der Waals surface area contributed by atoms with Gasteiger partial charge in [-0.3, -0.25) is 9.59 Å². The summed E-state index contributed by atoms with van der Waals surface area (Å²) in [5.41, 5.74) is 4.52. The topological polar surface area (TPSA) is 58.6 Å². The molecular weight excluding hydrogens is 364 g/mol. The van der Waals surface area contributed by atoms with Gasteiger partial charge in [0.25, 0.3) is 0 Å². The van der Waals surface area contributed by atoms with Crippen LogP contribution in [-0.2, 0) is 9.59 Å². The second-order valence-electron chi connectivity index (χ2n) is 6.97. The van der Waals surface area contributed by atoms with Crippen molar-refractivity contribution in [1.82, 2.24) is 0 Å². The van der Waals surface area contributed by atoms with Crippen LogP contribution in [0.2, 0.25) is 5.02 Å². The predicted octanol–water partition coefficient (Wildman–Crippen LogP) is 4.27. The molecule has 0 aliphatic carbocycles. The molecular formula is C21H23ClN2O3. The average Bonchev–Trinajstić information content (AvgIpc) is 3.02. The Hall–Kier alpha value is -2.53. The number of nitrogens with zero attached hydrogens (tertiary/aromatic N) is 1. The highest BCUT2D eigenvalue weighted by molar-refractivity contribution is 6.31. The molecule has 0 aromatic heterocycles. The van der Waals surface area contributed by atoms with Gasteiger partial charge in [0.15, 0.2) is 0 Å². The number of hydrogen-bond donors (Lipinski definition) is 1. The van der Waals surface area contributed by atoms with Crippen LogP contribution in [0.4, 0.5) is 11.4 Å². The minimum atomic E-state index is -0.417. The smallest absolute Gasteiger partial charge is 0.229 e. The molecule has 3 rings (SSSR count). The number of benzene rings is 2. The van der Waals surface area contributed by atoms with Crippen molar-refractivity contribution in [3.05, 3.63) is 52.0 Å². The number of nitrogens with one attached hydrogen (secondary N) is 1. The van der Waals surface area contributed by atoms with Crippen LogP contribution in [0.3, 0.4) is 0 Å². The van der Waals surface area contributed by atoms with E-state index < -0.39 is 5.92 Å². The van der Waals surface area contributed by atoms with E-state index in [0.717, 1.165) is 16.8 Å². The molecule has 27 heavy (non-hydrogen) atoms. The van der Waals surface area contributed by atoms with E-state index >= 15 is 0 Å². The first-order valence-electron chi connectivity index (χ1n) is 8.82. The molecule has 0 spiro atoms. The highest BCUT2D eigenvalue weighted by atomic mass is 35.5. The summed E-state index contributed by atoms with van der Waals surface area (Å²) in [4.78, 5) is 26.8. The molecule has 1 unspecified atom stereocenters. The number of carbonyl (C=O) groups excluding carboxylic acids is 2. The SMILES string of the molecule is COc1cc(Cl)c(C)cc1N1CC(C(=O)Nc2ccc(C)c(C)c2)CC1=O. The second kappa shape index (κ2) is 7.61. The monoisotopic (exact) mass is 386 g/mol. The maximum Gasteiger partial charge on any atom is 0.229 e. The number of carbonyl (C=O) groups is 2. The second-order valence-corrected chi connectivity index (χ2v) is 7.37. The summed E-state index contributed by atoms with van der Waals surface area (Å²) in [6.07, 6.45) is 0.168. The maximum atomic E-state index is 12.7. The van der Waals surface area contributed by atoms with Crippen molar-refractivity contribution in [2.24, 2.45) is 5.92 Å². The Morgan fingerprint density at radius 1 is 1.15 bits per heavy atom. The van der Waals surface area contributed by atoms with Gasteiger partial charge in [0, 0.05) is 29.7 Å². The van der Waals surface area contributed by atoms with Crippen molar-refractivity contribution < 1.29 is 14.3 Å². The first-order valence-corrected chi connectivity index (χ1v) is 9.20. The first-order chi connectivity index (χ1) is 12.8. The van der Waals surface area contributed by atoms with Gasteiger partial charge in [0.1, 0.15) is 5.75 Å². The van der Waals surface area contributed by atoms with Crippen LogP contribution in [-0.4, -0.2) is 25.5 Å². The van der Waals surface area contributed by atoms with Crippen molar-refractivity contribution in [3.8, 4) is 5.75 Å². The molecule has 0 radical (unpaired) electrons. The number of halogens is 1. The third-order valence-electron chi connectivity index (χ3n) is 5.02. The van der Waals surface area contributed by atoms with E-state index in [1.807, 2.05) is 45.0 Å². The van der Waals surface area contributed by atoms with Gasteiger partial charge in [-0.25, -0.2) is 0 Å². The van der Waals surface area contributed by atoms with Crippen LogP contribution < -0.4 is 15.0 Å². The molecule has 5 nitrogen and oxygen atoms in total. The van der Waals surface area contributed by atoms with Gasteiger partial charge in [-0.05, 0) is 55.7 Å². The van der Waals surface area contributed by atoms with Crippen molar-refractivity contribution in [2.75, 3.05) is 23.9 Å². The Bertz CT molecular complexity index is 911. The van der Waals surface area contributed by atoms with Crippen LogP contribution in [0.5, 0.6) is 5.75 Å². The number of amides is 2. The van der Waals surface area contributed by atoms with E-state index in [4.69, 9.17) is 16.3 Å². The first kappa shape index (κ1) is 19.2. The van der Waals surface area contributed by atoms with Crippen molar-refractivity contribution >= 4 is 34.8 Å². The van der Waals surface area contributed by atoms with Crippen LogP contribution >= 0.6 is 11.6 Å². The summed E-state index contributed by atoms with van der Waals surface area (Å²) in [6, 6.07) is 9.30. The average molecular weight is 387 g/mol. The molecule has 142 valence electrons. The number of methoxy groups -OCH3 is 1. The largest absolute Gasteiger partial charge is 0.495 e. The molecule has 1 saturated heterocycles. The maximum absolute atomic E-state index is 12.7. The Morgan fingerprint density at radius 3 is 2.56 bits per heavy atom. The third-order valence-corrected chi connectivity index (χ3v) is 5.43. The third kappa shape index (κ3) is 3.93. The van der Waals surface area contributed by atoms with Gasteiger partial charge in [-0.2, -0.15) is 0 Å². The van der Waals surface area contributed by atoms with E-state index in [-0.39, 0.29) is 18.2 Å². The molecule has 6 heteroatoms. The van der Waals surface area contributed by atoms with E-state index in [1.54, 1.807) is 11.0 Å². The molecule has 0 bridgehead atoms. The van der Waals surface area contributed by atoms with E-state index in [1.165, 1.54) is 12.7 Å². The van der Waals surface area contributed by atoms with E-state index in [0.29, 0.717) is 23.0 Å². The quantitative estimate of drug-likeness (QED) is 0.853. The number of rotatable bonds is 4. The fraction of sp³-hybridized carbons (Fsp3) is 0.333. The van der Waals surface area contributed by atoms with Crippen molar-refractivity contribution in [3.63, 3.8) is 0 Å². The molecule has 1 N–H and O–H groups in total. The Morgan fingerprint density at radius 2 is 1.89 bits per heavy atom. The lowest BCUT2D eigenvalue weighted by atomic mass is 10.1. The van der Waals surface area contributed by atoms with Gasteiger partial charge < -0.3 is 15.0 Å². The summed E-state index contributed by atoms with van der Waals surface area (Å²) < 4.78 is 5.38. The van der Waals surface area contributed by atoms with Crippen LogP contribution in [0.15, 0.2) is 30.3 Å². The van der Waals surface area contributed by atoms with Gasteiger partial charge in [0.2, 0.25) is 11.8 Å². The fourth-order valence-corrected chi connectivity index (χ4v) is 3.36. The zero-order valence-corrected chi connectivity index (χ0v) is 16.7. The van der Waals surface area contributed by atoms with E-state index in [2.05, 4.69) is 5.32 Å². The fourth-order valence-electron chi connectivity index (χ4n) is 3.20. The predicted molar refractivity (Wildman–Crippen MR) is 108 cm³/mol. The zero-order valence-electron chi connectivity index (χ0n) is 15.9. The number of aryl methyl sites for hydroxylation is 3. The lowest BCUT2D eigenvalue weighted by Gasteiger charge is -2.20. The molecule has 1 fully saturated rings. The molecule has 1 aliphatic rings. The number of hydrogen-bond acceptors (Lipinski definition) is 3. The van der Waals surface area contributed by atoms with Crippen LogP contribution in [0, 0.1) is 26.7 Å². The summed E-state index contributed by atoms with van der Waals surface area (Å²) in [5.74, 6) is -0.150. The van der Waals surface area contributed by atoms with Crippen LogP contribution in [0.25, 0.3) is 0 Å². The minimum Gasteiger partial charge on any atom is -0.495 e. The number of ether oxygens (including phenoxy) is 1. The summed E-state index contributed by atoms with van der Waals surface area (Å²) >= 11 is 6.15. The Kier molecular flexibility index (Phi) is 5.42. The van der Waals surface area contributed by atoms with Gasteiger partial charge in [-0.1, -0.05) is 17.7 Å². The lowest BCUT2D eigenvalue weighted by molar-refractivity contribution is -0.122. The highest BCUT2D eigenvalue weighted by Gasteiger charge is 2.36. The molecule has 1 atom stereocenters. The highest BCUT2D eigenvalue weighted by Crippen LogP contribution is 2.37. The molecule has 2 aromatic carbocycles. The molecule has 1 heterocycles. The standard InChI is InChI=1S/C21H23ClN2O3/c1-12-5-6-16(7-13(12)2)23-21(26)15-9-20(25)24(11-15)18-8-14(3)17(22)10-19(18)27-4/h5-8,10,15H,9,11H2,1-4H3,(H,23,26). The van der Waals surface area contributed by atoms with Gasteiger partial charge in [0.05, 0.1) is 18.7 Å². The summed E-state index contributed by atoms with van der Waals surface area (Å²) in [5, 5.41) is 3.50. The van der Waals surface area contributed by atoms with E-state index in [9.17, 15) is 9.59 Å². The van der Waals surface area contributed by atoms with Crippen molar-refractivity contribution in [2.45, 2.75) is 27.2 Å². The molecule has 1 aliphatic heterocycles. The Labute approximate surface area is 164 Å². The Balaban J connectivity index is 1.78. The molecule has 0 saturated carbocycles. The zero-order chi connectivity index (χ0) is 19.7. The normalized spacial score (nSPS) is 16.6. The van der Waals surface area contributed by atoms with Crippen LogP contribution in [0.1, 0.15) is 23.1 Å². The summed E-state index contributed by atoms with van der Waals surface area (Å²) in [6.45, 7) is 6.21. The minimum absolute atomic E-state index is 0.102. The van der Waals surface area contributed by atoms with Gasteiger partial charge in [-0.15, -0.1) is 0 Å². The number of anilines is 2. The van der Waals surface area contributed by atoms with Gasteiger partial charge >= 0.3 is 0 Å². The lowest BCUT2D eigenvalue weighted by Crippen LogP contribution is -2.28. The molecule has 2 aromatic rings. The summed E-state index contributed by atoms with van der Waals surface area (Å²) in [7, 11) is 1.54. The molecule has 2 amide bonds.